The van der Waals surface area contributed by atoms with E-state index in [2.05, 4.69) is 0 Å². The molecule has 0 bridgehead atoms. The molecule has 0 saturated carbocycles. The molecule has 3 aromatic rings. The summed E-state index contributed by atoms with van der Waals surface area (Å²) in [6, 6.07) is 17.3. The summed E-state index contributed by atoms with van der Waals surface area (Å²) in [5.74, 6) is -0.888. The van der Waals surface area contributed by atoms with Crippen LogP contribution in [0.5, 0.6) is 5.75 Å². The number of hydrogen-bond acceptors (Lipinski definition) is 7. The Labute approximate surface area is 239 Å². The lowest BCUT2D eigenvalue weighted by molar-refractivity contribution is -0.141. The van der Waals surface area contributed by atoms with E-state index in [1.54, 1.807) is 17.7 Å². The number of aryl methyl sites for hydroxylation is 1. The number of rotatable bonds is 9. The average molecular weight is 553 g/mol. The molecule has 2 heterocycles. The van der Waals surface area contributed by atoms with Gasteiger partial charge in [0.25, 0.3) is 11.8 Å². The first-order valence-electron chi connectivity index (χ1n) is 13.4. The third-order valence-electron chi connectivity index (χ3n) is 6.54. The van der Waals surface area contributed by atoms with Crippen molar-refractivity contribution in [3.8, 4) is 28.8 Å². The van der Waals surface area contributed by atoms with Crippen LogP contribution in [0, 0.1) is 18.3 Å². The molecule has 0 fully saturated rings. The van der Waals surface area contributed by atoms with Gasteiger partial charge in [0.1, 0.15) is 23.1 Å². The van der Waals surface area contributed by atoms with Crippen molar-refractivity contribution in [2.75, 3.05) is 13.2 Å². The number of aromatic nitrogens is 2. The number of benzene rings is 2. The molecule has 9 heteroatoms. The predicted molar refractivity (Wildman–Crippen MR) is 154 cm³/mol. The molecule has 0 aliphatic carbocycles. The molecular formula is C32H32N4O5. The zero-order valence-electron chi connectivity index (χ0n) is 23.8. The number of imide groups is 1. The zero-order chi connectivity index (χ0) is 29.7. The van der Waals surface area contributed by atoms with E-state index >= 15 is 0 Å². The molecule has 0 N–H and O–H groups in total. The molecule has 2 amide bonds. The van der Waals surface area contributed by atoms with Crippen LogP contribution in [0.15, 0.2) is 71.4 Å². The summed E-state index contributed by atoms with van der Waals surface area (Å²) in [4.78, 5) is 38.8. The van der Waals surface area contributed by atoms with Crippen LogP contribution >= 0.6 is 0 Å². The predicted octanol–water partition coefficient (Wildman–Crippen LogP) is 5.18. The van der Waals surface area contributed by atoms with E-state index in [9.17, 15) is 19.6 Å². The third kappa shape index (κ3) is 6.44. The van der Waals surface area contributed by atoms with Crippen molar-refractivity contribution in [2.45, 2.75) is 47.1 Å². The van der Waals surface area contributed by atoms with E-state index in [4.69, 9.17) is 14.6 Å². The number of esters is 1. The van der Waals surface area contributed by atoms with E-state index in [1.165, 1.54) is 6.92 Å². The number of amides is 2. The molecule has 0 radical (unpaired) electrons. The van der Waals surface area contributed by atoms with Crippen molar-refractivity contribution in [2.24, 2.45) is 0 Å². The van der Waals surface area contributed by atoms with Crippen molar-refractivity contribution in [1.82, 2.24) is 14.7 Å². The summed E-state index contributed by atoms with van der Waals surface area (Å²) < 4.78 is 12.5. The maximum atomic E-state index is 13.6. The molecule has 0 saturated heterocycles. The fourth-order valence-corrected chi connectivity index (χ4v) is 4.59. The molecule has 1 aromatic heterocycles. The van der Waals surface area contributed by atoms with Gasteiger partial charge in [0.05, 0.1) is 18.4 Å². The van der Waals surface area contributed by atoms with Gasteiger partial charge in [-0.3, -0.25) is 19.3 Å². The van der Waals surface area contributed by atoms with Gasteiger partial charge in [0.2, 0.25) is 0 Å². The van der Waals surface area contributed by atoms with Gasteiger partial charge in [-0.05, 0) is 81.7 Å². The lowest BCUT2D eigenvalue weighted by Crippen LogP contribution is -2.43. The number of carbonyl (C=O) groups is 3. The Balaban J connectivity index is 1.82. The van der Waals surface area contributed by atoms with E-state index in [0.29, 0.717) is 16.8 Å². The van der Waals surface area contributed by atoms with Gasteiger partial charge in [-0.25, -0.2) is 4.68 Å². The summed E-state index contributed by atoms with van der Waals surface area (Å²) in [5, 5.41) is 14.7. The Morgan fingerprint density at radius 2 is 1.83 bits per heavy atom. The molecular weight excluding hydrogens is 520 g/mol. The van der Waals surface area contributed by atoms with Gasteiger partial charge in [-0.1, -0.05) is 18.2 Å². The minimum Gasteiger partial charge on any atom is -0.491 e. The van der Waals surface area contributed by atoms with Gasteiger partial charge >= 0.3 is 5.97 Å². The molecule has 0 unspecified atom stereocenters. The van der Waals surface area contributed by atoms with Gasteiger partial charge in [-0.2, -0.15) is 10.4 Å². The monoisotopic (exact) mass is 552 g/mol. The third-order valence-corrected chi connectivity index (χ3v) is 6.54. The Hall–Kier alpha value is -4.97. The number of para-hydroxylation sites is 1. The van der Waals surface area contributed by atoms with Crippen molar-refractivity contribution in [1.29, 1.82) is 5.26 Å². The second-order valence-corrected chi connectivity index (χ2v) is 9.98. The molecule has 0 atom stereocenters. The minimum atomic E-state index is -0.660. The van der Waals surface area contributed by atoms with Crippen LogP contribution in [0.2, 0.25) is 0 Å². The molecule has 1 aliphatic heterocycles. The van der Waals surface area contributed by atoms with Crippen molar-refractivity contribution in [3.05, 3.63) is 82.6 Å². The number of carbonyl (C=O) groups excluding carboxylic acids is 3. The van der Waals surface area contributed by atoms with Crippen LogP contribution in [0.4, 0.5) is 0 Å². The smallest absolute Gasteiger partial charge is 0.302 e. The van der Waals surface area contributed by atoms with Crippen molar-refractivity contribution < 1.29 is 23.9 Å². The van der Waals surface area contributed by atoms with E-state index in [1.807, 2.05) is 81.6 Å². The largest absolute Gasteiger partial charge is 0.491 e. The average Bonchev–Trinajstić information content (AvgIpc) is 3.34. The molecule has 2 aromatic carbocycles. The number of nitriles is 1. The van der Waals surface area contributed by atoms with Crippen LogP contribution in [0.3, 0.4) is 0 Å². The summed E-state index contributed by atoms with van der Waals surface area (Å²) in [5.41, 5.74) is 4.31. The summed E-state index contributed by atoms with van der Waals surface area (Å²) in [6.45, 7) is 8.85. The van der Waals surface area contributed by atoms with E-state index in [-0.39, 0.29) is 36.8 Å². The summed E-state index contributed by atoms with van der Waals surface area (Å²) >= 11 is 0. The standard InChI is InChI=1S/C32H32N4O5/c1-20(2)41-26-12-13-27(21(3)16-26)30-24(19-36(34-30)25-10-7-6-8-11-25)17-28-22(4)29(18-33)32(39)35(31(28)38)14-9-15-40-23(5)37/h6-8,10-13,16-17,19-20H,9,14-15H2,1-5H3/b28-17+. The molecule has 0 spiro atoms. The van der Waals surface area contributed by atoms with Gasteiger partial charge < -0.3 is 9.47 Å². The van der Waals surface area contributed by atoms with E-state index < -0.39 is 17.8 Å². The quantitative estimate of drug-likeness (QED) is 0.155. The maximum Gasteiger partial charge on any atom is 0.302 e. The normalized spacial score (nSPS) is 14.6. The summed E-state index contributed by atoms with van der Waals surface area (Å²) in [7, 11) is 0. The molecule has 4 rings (SSSR count). The fourth-order valence-electron chi connectivity index (χ4n) is 4.59. The summed E-state index contributed by atoms with van der Waals surface area (Å²) in [6.07, 6.45) is 3.78. The topological polar surface area (TPSA) is 115 Å². The molecule has 41 heavy (non-hydrogen) atoms. The highest BCUT2D eigenvalue weighted by atomic mass is 16.5. The highest BCUT2D eigenvalue weighted by Gasteiger charge is 2.35. The Morgan fingerprint density at radius 1 is 1.10 bits per heavy atom. The Morgan fingerprint density at radius 3 is 2.46 bits per heavy atom. The highest BCUT2D eigenvalue weighted by molar-refractivity contribution is 6.19. The van der Waals surface area contributed by atoms with Crippen LogP contribution in [-0.4, -0.2) is 51.7 Å². The first-order chi connectivity index (χ1) is 19.6. The SMILES string of the molecule is CC(=O)OCCCN1C(=O)C(C#N)=C(C)/C(=C\c2cn(-c3ccccc3)nc2-c2ccc(OC(C)C)cc2C)C1=O. The van der Waals surface area contributed by atoms with Crippen LogP contribution < -0.4 is 4.74 Å². The Kier molecular flexibility index (Phi) is 8.83. The lowest BCUT2D eigenvalue weighted by atomic mass is 9.92. The number of nitrogens with zero attached hydrogens (tertiary/aromatic N) is 4. The van der Waals surface area contributed by atoms with E-state index in [0.717, 1.165) is 27.5 Å². The first kappa shape index (κ1) is 29.0. The molecule has 210 valence electrons. The van der Waals surface area contributed by atoms with Gasteiger partial charge in [0.15, 0.2) is 0 Å². The molecule has 1 aliphatic rings. The van der Waals surface area contributed by atoms with Crippen LogP contribution in [-0.2, 0) is 19.1 Å². The minimum absolute atomic E-state index is 0.00724. The molecule has 9 nitrogen and oxygen atoms in total. The second-order valence-electron chi connectivity index (χ2n) is 9.98. The van der Waals surface area contributed by atoms with Crippen molar-refractivity contribution >= 4 is 23.9 Å². The maximum absolute atomic E-state index is 13.6. The van der Waals surface area contributed by atoms with Gasteiger partial charge in [0, 0.05) is 36.4 Å². The van der Waals surface area contributed by atoms with Gasteiger partial charge in [-0.15, -0.1) is 0 Å². The zero-order valence-corrected chi connectivity index (χ0v) is 23.8. The fraction of sp³-hybridized carbons (Fsp3) is 0.281. The Bertz CT molecular complexity index is 1590. The lowest BCUT2D eigenvalue weighted by Gasteiger charge is -2.27. The highest BCUT2D eigenvalue weighted by Crippen LogP contribution is 2.33. The second kappa shape index (κ2) is 12.5. The van der Waals surface area contributed by atoms with Crippen LogP contribution in [0.1, 0.15) is 45.2 Å². The first-order valence-corrected chi connectivity index (χ1v) is 13.4. The van der Waals surface area contributed by atoms with Crippen molar-refractivity contribution in [3.63, 3.8) is 0 Å². The number of hydrogen-bond donors (Lipinski definition) is 0. The van der Waals surface area contributed by atoms with Crippen LogP contribution in [0.25, 0.3) is 23.0 Å². The number of ether oxygens (including phenoxy) is 2.